The molecule has 0 spiro atoms. The molecule has 1 aliphatic heterocycles. The first kappa shape index (κ1) is 18.7. The van der Waals surface area contributed by atoms with Crippen LogP contribution in [0.25, 0.3) is 6.08 Å². The third-order valence-electron chi connectivity index (χ3n) is 3.68. The van der Waals surface area contributed by atoms with Crippen molar-refractivity contribution >= 4 is 80.2 Å². The average Bonchev–Trinajstić information content (AvgIpc) is 2.83. The van der Waals surface area contributed by atoms with Gasteiger partial charge in [-0.2, -0.15) is 0 Å². The molecule has 2 aromatic rings. The molecule has 0 bridgehead atoms. The largest absolute Gasteiger partial charge is 0.367 e. The van der Waals surface area contributed by atoms with Crippen LogP contribution in [0.2, 0.25) is 5.02 Å². The zero-order chi connectivity index (χ0) is 18.0. The van der Waals surface area contributed by atoms with Crippen LogP contribution in [0.15, 0.2) is 47.4 Å². The maximum Gasteiger partial charge on any atom is 0.267 e. The number of nitrogens with zero attached hydrogens (tertiary/aromatic N) is 1. The summed E-state index contributed by atoms with van der Waals surface area (Å²) >= 11 is 15.1. The van der Waals surface area contributed by atoms with Crippen molar-refractivity contribution in [2.24, 2.45) is 0 Å². The molecule has 1 saturated heterocycles. The van der Waals surface area contributed by atoms with Gasteiger partial charge in [-0.3, -0.25) is 9.69 Å². The molecule has 128 valence electrons. The van der Waals surface area contributed by atoms with Gasteiger partial charge >= 0.3 is 0 Å². The number of amides is 1. The van der Waals surface area contributed by atoms with Crippen molar-refractivity contribution in [3.8, 4) is 0 Å². The van der Waals surface area contributed by atoms with E-state index in [4.69, 9.17) is 23.8 Å². The van der Waals surface area contributed by atoms with Gasteiger partial charge in [-0.1, -0.05) is 53.8 Å². The van der Waals surface area contributed by atoms with E-state index in [1.807, 2.05) is 37.3 Å². The highest BCUT2D eigenvalue weighted by Crippen LogP contribution is 2.33. The van der Waals surface area contributed by atoms with Crippen LogP contribution in [0.3, 0.4) is 0 Å². The zero-order valence-electron chi connectivity index (χ0n) is 13.3. The molecule has 25 heavy (non-hydrogen) atoms. The Hall–Kier alpha value is -1.09. The lowest BCUT2D eigenvalue weighted by Crippen LogP contribution is -2.33. The summed E-state index contributed by atoms with van der Waals surface area (Å²) in [6.45, 7) is 2.37. The molecule has 1 fully saturated rings. The Morgan fingerprint density at radius 3 is 2.80 bits per heavy atom. The Kier molecular flexibility index (Phi) is 6.04. The lowest BCUT2D eigenvalue weighted by molar-refractivity contribution is -0.121. The van der Waals surface area contributed by atoms with E-state index in [0.717, 1.165) is 16.8 Å². The quantitative estimate of drug-likeness (QED) is 0.340. The molecule has 2 aromatic carbocycles. The zero-order valence-corrected chi connectivity index (χ0v) is 17.8. The highest BCUT2D eigenvalue weighted by Gasteiger charge is 2.31. The van der Waals surface area contributed by atoms with Crippen LogP contribution in [0.1, 0.15) is 11.1 Å². The van der Waals surface area contributed by atoms with Crippen molar-refractivity contribution in [1.82, 2.24) is 4.90 Å². The minimum absolute atomic E-state index is 0.106. The molecule has 0 atom stereocenters. The molecule has 0 aromatic heterocycles. The van der Waals surface area contributed by atoms with Crippen molar-refractivity contribution in [3.05, 3.63) is 67.1 Å². The molecule has 0 aliphatic carbocycles. The summed E-state index contributed by atoms with van der Waals surface area (Å²) in [5.74, 6) is -0.106. The number of thiocarbonyl (C=S) groups is 1. The third kappa shape index (κ3) is 4.36. The third-order valence-corrected chi connectivity index (χ3v) is 6.07. The number of hydrogen-bond acceptors (Lipinski definition) is 4. The summed E-state index contributed by atoms with van der Waals surface area (Å²) in [5, 5.41) is 3.90. The fourth-order valence-corrected chi connectivity index (χ4v) is 4.44. The van der Waals surface area contributed by atoms with E-state index in [2.05, 4.69) is 34.0 Å². The minimum atomic E-state index is -0.106. The Bertz CT molecular complexity index is 885. The molecule has 0 radical (unpaired) electrons. The molecule has 1 aliphatic rings. The van der Waals surface area contributed by atoms with E-state index >= 15 is 0 Å². The average molecular weight is 501 g/mol. The van der Waals surface area contributed by atoms with Gasteiger partial charge in [0.15, 0.2) is 0 Å². The number of aryl methyl sites for hydroxylation is 1. The number of thioether (sulfide) groups is 1. The minimum Gasteiger partial charge on any atom is -0.367 e. The van der Waals surface area contributed by atoms with E-state index in [1.54, 1.807) is 17.0 Å². The van der Waals surface area contributed by atoms with Crippen molar-refractivity contribution in [2.45, 2.75) is 6.92 Å². The number of nitrogens with one attached hydrogen (secondary N) is 1. The summed E-state index contributed by atoms with van der Waals surface area (Å²) in [7, 11) is 0. The number of hydrogen-bond donors (Lipinski definition) is 1. The van der Waals surface area contributed by atoms with Crippen LogP contribution in [-0.2, 0) is 4.79 Å². The predicted molar refractivity (Wildman–Crippen MR) is 119 cm³/mol. The first-order chi connectivity index (χ1) is 12.0. The fraction of sp³-hybridized carbons (Fsp3) is 0.111. The van der Waals surface area contributed by atoms with E-state index in [0.29, 0.717) is 20.9 Å². The summed E-state index contributed by atoms with van der Waals surface area (Å²) < 4.78 is 1.72. The van der Waals surface area contributed by atoms with Crippen LogP contribution in [0, 0.1) is 10.5 Å². The lowest BCUT2D eigenvalue weighted by Gasteiger charge is -2.17. The fourth-order valence-electron chi connectivity index (χ4n) is 2.36. The predicted octanol–water partition coefficient (Wildman–Crippen LogP) is 5.52. The molecule has 3 rings (SSSR count). The number of anilines is 1. The standard InChI is InChI=1S/C18H14ClIN2OS2/c1-11-8-13(20)6-7-15(11)21-10-22-17(23)16(25-18(22)24)9-12-4-2-3-5-14(12)19/h2-9,21H,10H2,1H3/b16-9+. The second-order valence-electron chi connectivity index (χ2n) is 5.43. The first-order valence-electron chi connectivity index (χ1n) is 7.45. The molecular weight excluding hydrogens is 487 g/mol. The maximum absolute atomic E-state index is 12.7. The van der Waals surface area contributed by atoms with Gasteiger partial charge in [0, 0.05) is 14.3 Å². The van der Waals surface area contributed by atoms with Crippen LogP contribution in [0.4, 0.5) is 5.69 Å². The molecule has 1 amide bonds. The summed E-state index contributed by atoms with van der Waals surface area (Å²) in [6, 6.07) is 13.5. The van der Waals surface area contributed by atoms with Gasteiger partial charge in [-0.05, 0) is 71.0 Å². The van der Waals surface area contributed by atoms with E-state index in [9.17, 15) is 4.79 Å². The van der Waals surface area contributed by atoms with Crippen molar-refractivity contribution in [2.75, 3.05) is 12.0 Å². The molecule has 1 N–H and O–H groups in total. The van der Waals surface area contributed by atoms with Gasteiger partial charge in [0.05, 0.1) is 11.6 Å². The van der Waals surface area contributed by atoms with Crippen molar-refractivity contribution in [1.29, 1.82) is 0 Å². The van der Waals surface area contributed by atoms with Crippen molar-refractivity contribution < 1.29 is 4.79 Å². The van der Waals surface area contributed by atoms with E-state index in [-0.39, 0.29) is 5.91 Å². The van der Waals surface area contributed by atoms with E-state index < -0.39 is 0 Å². The van der Waals surface area contributed by atoms with Crippen LogP contribution in [-0.4, -0.2) is 21.8 Å². The summed E-state index contributed by atoms with van der Waals surface area (Å²) in [5.41, 5.74) is 2.93. The number of halogens is 2. The molecule has 1 heterocycles. The maximum atomic E-state index is 12.7. The number of carbonyl (C=O) groups excluding carboxylic acids is 1. The SMILES string of the molecule is Cc1cc(I)ccc1NCN1C(=O)/C(=C\c2ccccc2Cl)SC1=S. The van der Waals surface area contributed by atoms with E-state index in [1.165, 1.54) is 15.3 Å². The Morgan fingerprint density at radius 1 is 1.32 bits per heavy atom. The lowest BCUT2D eigenvalue weighted by atomic mass is 10.2. The van der Waals surface area contributed by atoms with Gasteiger partial charge in [0.25, 0.3) is 5.91 Å². The smallest absolute Gasteiger partial charge is 0.267 e. The summed E-state index contributed by atoms with van der Waals surface area (Å²) in [4.78, 5) is 14.8. The first-order valence-corrected chi connectivity index (χ1v) is 10.1. The van der Waals surface area contributed by atoms with Gasteiger partial charge in [-0.25, -0.2) is 0 Å². The Morgan fingerprint density at radius 2 is 2.08 bits per heavy atom. The highest BCUT2D eigenvalue weighted by atomic mass is 127. The Balaban J connectivity index is 1.74. The summed E-state index contributed by atoms with van der Waals surface area (Å²) in [6.07, 6.45) is 1.79. The van der Waals surface area contributed by atoms with Gasteiger partial charge in [0.2, 0.25) is 0 Å². The second-order valence-corrected chi connectivity index (χ2v) is 8.75. The Labute approximate surface area is 175 Å². The van der Waals surface area contributed by atoms with Crippen LogP contribution in [0.5, 0.6) is 0 Å². The number of rotatable bonds is 4. The monoisotopic (exact) mass is 500 g/mol. The topological polar surface area (TPSA) is 32.3 Å². The second kappa shape index (κ2) is 8.07. The molecular formula is C18H14ClIN2OS2. The molecule has 0 unspecified atom stereocenters. The normalized spacial score (nSPS) is 16.0. The van der Waals surface area contributed by atoms with Crippen molar-refractivity contribution in [3.63, 3.8) is 0 Å². The van der Waals surface area contributed by atoms with Gasteiger partial charge < -0.3 is 5.32 Å². The van der Waals surface area contributed by atoms with Crippen LogP contribution >= 0.6 is 58.2 Å². The molecule has 7 heteroatoms. The highest BCUT2D eigenvalue weighted by molar-refractivity contribution is 14.1. The molecule has 3 nitrogen and oxygen atoms in total. The van der Waals surface area contributed by atoms with Gasteiger partial charge in [0.1, 0.15) is 4.32 Å². The van der Waals surface area contributed by atoms with Crippen LogP contribution < -0.4 is 5.32 Å². The number of benzene rings is 2. The van der Waals surface area contributed by atoms with Gasteiger partial charge in [-0.15, -0.1) is 0 Å². The molecule has 0 saturated carbocycles. The number of carbonyl (C=O) groups is 1.